The molecule has 1 atom stereocenters. The zero-order valence-corrected chi connectivity index (χ0v) is 11.6. The Bertz CT molecular complexity index is 560. The summed E-state index contributed by atoms with van der Waals surface area (Å²) in [7, 11) is 0. The molecule has 0 bridgehead atoms. The highest BCUT2D eigenvalue weighted by atomic mass is 16.3. The van der Waals surface area contributed by atoms with Crippen LogP contribution in [0.4, 0.5) is 0 Å². The van der Waals surface area contributed by atoms with Crippen molar-refractivity contribution in [3.8, 4) is 0 Å². The Hall–Kier alpha value is -1.64. The van der Waals surface area contributed by atoms with Crippen molar-refractivity contribution in [3.63, 3.8) is 0 Å². The molecule has 3 N–H and O–H groups in total. The maximum atomic E-state index is 10.9. The second-order valence-corrected chi connectivity index (χ2v) is 5.68. The van der Waals surface area contributed by atoms with Crippen LogP contribution >= 0.6 is 0 Å². The highest BCUT2D eigenvalue weighted by molar-refractivity contribution is 5.38. The summed E-state index contributed by atoms with van der Waals surface area (Å²) in [5.74, 6) is 0.715. The van der Waals surface area contributed by atoms with Crippen LogP contribution in [0.5, 0.6) is 0 Å². The Kier molecular flexibility index (Phi) is 3.60. The number of nitrogens with two attached hydrogens (primary N) is 1. The summed E-state index contributed by atoms with van der Waals surface area (Å²) >= 11 is 0. The Balaban J connectivity index is 1.92. The van der Waals surface area contributed by atoms with Crippen molar-refractivity contribution < 1.29 is 5.11 Å². The summed E-state index contributed by atoms with van der Waals surface area (Å²) in [6.07, 6.45) is 3.92. The van der Waals surface area contributed by atoms with Crippen LogP contribution in [0.15, 0.2) is 54.6 Å². The standard InChI is InChI=1S/C18H21NO/c19-13-18(20,16-7-2-1-3-8-16)17-11-9-15(10-12-17)14-5-4-6-14/h1-3,7-12,14,20H,4-6,13,19H2. The van der Waals surface area contributed by atoms with Gasteiger partial charge < -0.3 is 10.8 Å². The molecule has 3 rings (SSSR count). The van der Waals surface area contributed by atoms with E-state index in [1.807, 2.05) is 42.5 Å². The maximum absolute atomic E-state index is 10.9. The molecule has 2 aromatic carbocycles. The number of rotatable bonds is 4. The highest BCUT2D eigenvalue weighted by Gasteiger charge is 2.30. The summed E-state index contributed by atoms with van der Waals surface area (Å²) in [5, 5.41) is 10.9. The van der Waals surface area contributed by atoms with E-state index in [-0.39, 0.29) is 6.54 Å². The average Bonchev–Trinajstić information content (AvgIpc) is 2.46. The van der Waals surface area contributed by atoms with Gasteiger partial charge in [0.1, 0.15) is 5.60 Å². The molecule has 0 spiro atoms. The molecule has 2 nitrogen and oxygen atoms in total. The fourth-order valence-electron chi connectivity index (χ4n) is 2.89. The zero-order valence-electron chi connectivity index (χ0n) is 11.6. The molecule has 1 aliphatic rings. The number of aliphatic hydroxyl groups is 1. The van der Waals surface area contributed by atoms with Crippen molar-refractivity contribution in [2.24, 2.45) is 5.73 Å². The van der Waals surface area contributed by atoms with Crippen LogP contribution in [0.25, 0.3) is 0 Å². The summed E-state index contributed by atoms with van der Waals surface area (Å²) < 4.78 is 0. The molecule has 0 aliphatic heterocycles. The molecule has 0 radical (unpaired) electrons. The van der Waals surface area contributed by atoms with Gasteiger partial charge in [0.25, 0.3) is 0 Å². The lowest BCUT2D eigenvalue weighted by Gasteiger charge is -2.30. The van der Waals surface area contributed by atoms with E-state index in [4.69, 9.17) is 5.73 Å². The zero-order chi connectivity index (χ0) is 14.0. The molecule has 20 heavy (non-hydrogen) atoms. The van der Waals surface area contributed by atoms with Crippen LogP contribution in [-0.4, -0.2) is 11.7 Å². The fourth-order valence-corrected chi connectivity index (χ4v) is 2.89. The van der Waals surface area contributed by atoms with Gasteiger partial charge in [0.2, 0.25) is 0 Å². The third-order valence-electron chi connectivity index (χ3n) is 4.51. The van der Waals surface area contributed by atoms with Crippen molar-refractivity contribution in [3.05, 3.63) is 71.3 Å². The minimum atomic E-state index is -1.10. The van der Waals surface area contributed by atoms with Crippen molar-refractivity contribution in [1.29, 1.82) is 0 Å². The van der Waals surface area contributed by atoms with E-state index in [1.54, 1.807) is 0 Å². The second kappa shape index (κ2) is 5.39. The summed E-state index contributed by atoms with van der Waals surface area (Å²) in [6.45, 7) is 0.180. The highest BCUT2D eigenvalue weighted by Crippen LogP contribution is 2.37. The Morgan fingerprint density at radius 2 is 1.55 bits per heavy atom. The molecule has 1 aliphatic carbocycles. The summed E-state index contributed by atoms with van der Waals surface area (Å²) in [6, 6.07) is 18.0. The van der Waals surface area contributed by atoms with Gasteiger partial charge in [0.15, 0.2) is 0 Å². The van der Waals surface area contributed by atoms with Crippen molar-refractivity contribution >= 4 is 0 Å². The van der Waals surface area contributed by atoms with Crippen molar-refractivity contribution in [2.45, 2.75) is 30.8 Å². The lowest BCUT2D eigenvalue weighted by Crippen LogP contribution is -2.36. The van der Waals surface area contributed by atoms with Crippen LogP contribution in [0, 0.1) is 0 Å². The molecule has 104 valence electrons. The normalized spacial score (nSPS) is 18.3. The van der Waals surface area contributed by atoms with Gasteiger partial charge in [0, 0.05) is 6.54 Å². The van der Waals surface area contributed by atoms with Crippen molar-refractivity contribution in [1.82, 2.24) is 0 Å². The van der Waals surface area contributed by atoms with Gasteiger partial charge in [-0.2, -0.15) is 0 Å². The molecular weight excluding hydrogens is 246 g/mol. The molecule has 2 aromatic rings. The van der Waals surface area contributed by atoms with Gasteiger partial charge in [-0.3, -0.25) is 0 Å². The smallest absolute Gasteiger partial charge is 0.127 e. The van der Waals surface area contributed by atoms with Crippen LogP contribution in [-0.2, 0) is 5.60 Å². The van der Waals surface area contributed by atoms with E-state index in [0.29, 0.717) is 5.92 Å². The molecule has 0 aromatic heterocycles. The molecule has 2 heteroatoms. The maximum Gasteiger partial charge on any atom is 0.127 e. The first kappa shape index (κ1) is 13.3. The van der Waals surface area contributed by atoms with E-state index < -0.39 is 5.60 Å². The Labute approximate surface area is 120 Å². The van der Waals surface area contributed by atoms with E-state index in [2.05, 4.69) is 12.1 Å². The quantitative estimate of drug-likeness (QED) is 0.894. The predicted octanol–water partition coefficient (Wildman–Crippen LogP) is 3.15. The lowest BCUT2D eigenvalue weighted by molar-refractivity contribution is 0.0902. The molecule has 0 amide bonds. The van der Waals surface area contributed by atoms with E-state index in [0.717, 1.165) is 11.1 Å². The van der Waals surface area contributed by atoms with Gasteiger partial charge in [-0.1, -0.05) is 61.0 Å². The third kappa shape index (κ3) is 2.26. The average molecular weight is 267 g/mol. The van der Waals surface area contributed by atoms with Crippen LogP contribution in [0.2, 0.25) is 0 Å². The fraction of sp³-hybridized carbons (Fsp3) is 0.333. The number of benzene rings is 2. The summed E-state index contributed by atoms with van der Waals surface area (Å²) in [5.41, 5.74) is 7.86. The molecule has 1 unspecified atom stereocenters. The van der Waals surface area contributed by atoms with Crippen LogP contribution in [0.3, 0.4) is 0 Å². The lowest BCUT2D eigenvalue weighted by atomic mass is 9.78. The summed E-state index contributed by atoms with van der Waals surface area (Å²) in [4.78, 5) is 0. The first-order valence-corrected chi connectivity index (χ1v) is 7.32. The van der Waals surface area contributed by atoms with Gasteiger partial charge >= 0.3 is 0 Å². The first-order chi connectivity index (χ1) is 9.74. The Morgan fingerprint density at radius 3 is 2.05 bits per heavy atom. The van der Waals surface area contributed by atoms with E-state index in [9.17, 15) is 5.11 Å². The van der Waals surface area contributed by atoms with E-state index in [1.165, 1.54) is 24.8 Å². The van der Waals surface area contributed by atoms with Gasteiger partial charge in [0.05, 0.1) is 0 Å². The molecule has 0 saturated heterocycles. The predicted molar refractivity (Wildman–Crippen MR) is 81.5 cm³/mol. The molecule has 1 saturated carbocycles. The first-order valence-electron chi connectivity index (χ1n) is 7.32. The Morgan fingerprint density at radius 1 is 0.950 bits per heavy atom. The molecular formula is C18H21NO. The third-order valence-corrected chi connectivity index (χ3v) is 4.51. The number of hydrogen-bond acceptors (Lipinski definition) is 2. The minimum absolute atomic E-state index is 0.180. The van der Waals surface area contributed by atoms with Crippen molar-refractivity contribution in [2.75, 3.05) is 6.54 Å². The topological polar surface area (TPSA) is 46.2 Å². The van der Waals surface area contributed by atoms with Gasteiger partial charge in [-0.05, 0) is 35.4 Å². The largest absolute Gasteiger partial charge is 0.379 e. The number of hydrogen-bond donors (Lipinski definition) is 2. The monoisotopic (exact) mass is 267 g/mol. The minimum Gasteiger partial charge on any atom is -0.379 e. The second-order valence-electron chi connectivity index (χ2n) is 5.68. The van der Waals surface area contributed by atoms with Gasteiger partial charge in [-0.15, -0.1) is 0 Å². The van der Waals surface area contributed by atoms with Gasteiger partial charge in [-0.25, -0.2) is 0 Å². The van der Waals surface area contributed by atoms with E-state index >= 15 is 0 Å². The van der Waals surface area contributed by atoms with Crippen LogP contribution < -0.4 is 5.73 Å². The van der Waals surface area contributed by atoms with Crippen LogP contribution in [0.1, 0.15) is 41.9 Å². The SMILES string of the molecule is NCC(O)(c1ccccc1)c1ccc(C2CCC2)cc1. The molecule has 0 heterocycles. The molecule has 1 fully saturated rings.